The Morgan fingerprint density at radius 1 is 1.38 bits per heavy atom. The van der Waals surface area contributed by atoms with Crippen molar-refractivity contribution < 1.29 is 0 Å². The fourth-order valence-corrected chi connectivity index (χ4v) is 1.42. The number of dihydropyridines is 1. The monoisotopic (exact) mass is 172 g/mol. The molecule has 0 fully saturated rings. The Hall–Kier alpha value is -1.57. The molecular weight excluding hydrogens is 160 g/mol. The molecule has 2 heterocycles. The van der Waals surface area contributed by atoms with Gasteiger partial charge in [-0.2, -0.15) is 0 Å². The van der Waals surface area contributed by atoms with Crippen molar-refractivity contribution >= 4 is 5.70 Å². The fourth-order valence-electron chi connectivity index (χ4n) is 1.42. The minimum atomic E-state index is 0.892. The van der Waals surface area contributed by atoms with Gasteiger partial charge in [0, 0.05) is 12.7 Å². The summed E-state index contributed by atoms with van der Waals surface area (Å²) in [5.41, 5.74) is 3.40. The number of nitrogens with zero attached hydrogens (tertiary/aromatic N) is 1. The second-order valence-electron chi connectivity index (χ2n) is 3.06. The molecule has 0 amide bonds. The molecule has 2 nitrogen and oxygen atoms in total. The van der Waals surface area contributed by atoms with Gasteiger partial charge in [-0.1, -0.05) is 18.2 Å². The van der Waals surface area contributed by atoms with Gasteiger partial charge in [0.2, 0.25) is 0 Å². The molecule has 1 N–H and O–H groups in total. The molecular formula is C11H12N2. The molecule has 0 aliphatic carbocycles. The standard InChI is InChI=1S/C11H12N2/c1-9-5-4-8-13-11(9)10-6-2-3-7-12-10/h2-7,13H,8H2,1H3. The molecule has 2 rings (SSSR count). The summed E-state index contributed by atoms with van der Waals surface area (Å²) in [7, 11) is 0. The van der Waals surface area contributed by atoms with Gasteiger partial charge in [-0.3, -0.25) is 4.98 Å². The molecule has 1 aliphatic heterocycles. The van der Waals surface area contributed by atoms with Gasteiger partial charge >= 0.3 is 0 Å². The van der Waals surface area contributed by atoms with Crippen LogP contribution in [0.1, 0.15) is 12.6 Å². The molecule has 1 aromatic heterocycles. The molecule has 0 spiro atoms. The zero-order chi connectivity index (χ0) is 9.10. The molecule has 0 atom stereocenters. The average Bonchev–Trinajstić information content (AvgIpc) is 2.20. The van der Waals surface area contributed by atoms with Gasteiger partial charge in [0.15, 0.2) is 0 Å². The Labute approximate surface area is 78.0 Å². The number of rotatable bonds is 1. The van der Waals surface area contributed by atoms with E-state index in [-0.39, 0.29) is 0 Å². The molecule has 66 valence electrons. The third-order valence-electron chi connectivity index (χ3n) is 2.08. The van der Waals surface area contributed by atoms with Crippen LogP contribution in [-0.4, -0.2) is 11.5 Å². The lowest BCUT2D eigenvalue weighted by Crippen LogP contribution is -2.17. The first-order valence-corrected chi connectivity index (χ1v) is 4.40. The normalized spacial score (nSPS) is 15.8. The first-order chi connectivity index (χ1) is 6.38. The Morgan fingerprint density at radius 2 is 2.31 bits per heavy atom. The number of aromatic nitrogens is 1. The van der Waals surface area contributed by atoms with Crippen molar-refractivity contribution in [1.29, 1.82) is 0 Å². The second-order valence-corrected chi connectivity index (χ2v) is 3.06. The maximum absolute atomic E-state index is 4.30. The predicted molar refractivity (Wildman–Crippen MR) is 54.0 cm³/mol. The lowest BCUT2D eigenvalue weighted by molar-refractivity contribution is 0.966. The smallest absolute Gasteiger partial charge is 0.0863 e. The molecule has 0 bridgehead atoms. The molecule has 0 radical (unpaired) electrons. The van der Waals surface area contributed by atoms with E-state index in [4.69, 9.17) is 0 Å². The van der Waals surface area contributed by atoms with Crippen LogP contribution in [0.5, 0.6) is 0 Å². The molecule has 0 saturated carbocycles. The molecule has 0 unspecified atom stereocenters. The van der Waals surface area contributed by atoms with Crippen molar-refractivity contribution in [3.05, 3.63) is 47.8 Å². The highest BCUT2D eigenvalue weighted by Gasteiger charge is 2.06. The van der Waals surface area contributed by atoms with Crippen LogP contribution in [0.3, 0.4) is 0 Å². The summed E-state index contributed by atoms with van der Waals surface area (Å²) in [6, 6.07) is 5.95. The van der Waals surface area contributed by atoms with Crippen LogP contribution in [0.2, 0.25) is 0 Å². The predicted octanol–water partition coefficient (Wildman–Crippen LogP) is 1.97. The Morgan fingerprint density at radius 3 is 3.00 bits per heavy atom. The minimum absolute atomic E-state index is 0.892. The number of hydrogen-bond donors (Lipinski definition) is 1. The summed E-state index contributed by atoms with van der Waals surface area (Å²) in [6.45, 7) is 2.98. The van der Waals surface area contributed by atoms with Gasteiger partial charge in [-0.15, -0.1) is 0 Å². The third-order valence-corrected chi connectivity index (χ3v) is 2.08. The van der Waals surface area contributed by atoms with Gasteiger partial charge in [-0.25, -0.2) is 0 Å². The zero-order valence-corrected chi connectivity index (χ0v) is 7.62. The number of nitrogens with one attached hydrogen (secondary N) is 1. The van der Waals surface area contributed by atoms with E-state index in [9.17, 15) is 0 Å². The van der Waals surface area contributed by atoms with Crippen molar-refractivity contribution in [2.45, 2.75) is 6.92 Å². The summed E-state index contributed by atoms with van der Waals surface area (Å²) in [5.74, 6) is 0. The molecule has 13 heavy (non-hydrogen) atoms. The number of hydrogen-bond acceptors (Lipinski definition) is 2. The zero-order valence-electron chi connectivity index (χ0n) is 7.62. The highest BCUT2D eigenvalue weighted by molar-refractivity contribution is 5.67. The van der Waals surface area contributed by atoms with E-state index in [1.54, 1.807) is 0 Å². The van der Waals surface area contributed by atoms with E-state index in [2.05, 4.69) is 29.4 Å². The highest BCUT2D eigenvalue weighted by Crippen LogP contribution is 2.16. The fraction of sp³-hybridized carbons (Fsp3) is 0.182. The lowest BCUT2D eigenvalue weighted by Gasteiger charge is -2.14. The average molecular weight is 172 g/mol. The van der Waals surface area contributed by atoms with Crippen LogP contribution < -0.4 is 5.32 Å². The quantitative estimate of drug-likeness (QED) is 0.700. The molecule has 0 aromatic carbocycles. The summed E-state index contributed by atoms with van der Waals surface area (Å²) < 4.78 is 0. The van der Waals surface area contributed by atoms with E-state index in [0.717, 1.165) is 17.9 Å². The van der Waals surface area contributed by atoms with Gasteiger partial charge in [-0.05, 0) is 24.6 Å². The summed E-state index contributed by atoms with van der Waals surface area (Å²) in [5, 5.41) is 3.32. The first kappa shape index (κ1) is 8.05. The Bertz CT molecular complexity index is 350. The maximum atomic E-state index is 4.30. The van der Waals surface area contributed by atoms with E-state index in [1.807, 2.05) is 24.4 Å². The van der Waals surface area contributed by atoms with E-state index in [1.165, 1.54) is 5.57 Å². The van der Waals surface area contributed by atoms with Crippen molar-refractivity contribution in [3.63, 3.8) is 0 Å². The van der Waals surface area contributed by atoms with Crippen molar-refractivity contribution in [1.82, 2.24) is 10.3 Å². The maximum Gasteiger partial charge on any atom is 0.0863 e. The SMILES string of the molecule is CC1=C(c2ccccn2)NCC=C1. The topological polar surface area (TPSA) is 24.9 Å². The Balaban J connectivity index is 2.41. The van der Waals surface area contributed by atoms with Gasteiger partial charge in [0.05, 0.1) is 11.4 Å². The van der Waals surface area contributed by atoms with E-state index in [0.29, 0.717) is 0 Å². The number of allylic oxidation sites excluding steroid dienone is 2. The molecule has 1 aromatic rings. The van der Waals surface area contributed by atoms with Crippen LogP contribution in [0, 0.1) is 0 Å². The summed E-state index contributed by atoms with van der Waals surface area (Å²) in [6.07, 6.45) is 6.05. The van der Waals surface area contributed by atoms with Crippen molar-refractivity contribution in [2.24, 2.45) is 0 Å². The van der Waals surface area contributed by atoms with Gasteiger partial charge < -0.3 is 5.32 Å². The summed E-state index contributed by atoms with van der Waals surface area (Å²) >= 11 is 0. The van der Waals surface area contributed by atoms with Crippen LogP contribution >= 0.6 is 0 Å². The molecule has 1 aliphatic rings. The van der Waals surface area contributed by atoms with Crippen molar-refractivity contribution in [2.75, 3.05) is 6.54 Å². The Kier molecular flexibility index (Phi) is 2.13. The van der Waals surface area contributed by atoms with Gasteiger partial charge in [0.1, 0.15) is 0 Å². The summed E-state index contributed by atoms with van der Waals surface area (Å²) in [4.78, 5) is 4.30. The molecule has 2 heteroatoms. The largest absolute Gasteiger partial charge is 0.380 e. The highest BCUT2D eigenvalue weighted by atomic mass is 14.9. The second kappa shape index (κ2) is 3.44. The lowest BCUT2D eigenvalue weighted by atomic mass is 10.1. The van der Waals surface area contributed by atoms with E-state index < -0.39 is 0 Å². The third kappa shape index (κ3) is 1.61. The van der Waals surface area contributed by atoms with Gasteiger partial charge in [0.25, 0.3) is 0 Å². The minimum Gasteiger partial charge on any atom is -0.380 e. The van der Waals surface area contributed by atoms with Crippen molar-refractivity contribution in [3.8, 4) is 0 Å². The van der Waals surface area contributed by atoms with Crippen LogP contribution in [-0.2, 0) is 0 Å². The van der Waals surface area contributed by atoms with Crippen LogP contribution in [0.4, 0.5) is 0 Å². The van der Waals surface area contributed by atoms with Crippen LogP contribution in [0.25, 0.3) is 5.70 Å². The first-order valence-electron chi connectivity index (χ1n) is 4.40. The number of pyridine rings is 1. The van der Waals surface area contributed by atoms with Crippen LogP contribution in [0.15, 0.2) is 42.1 Å². The molecule has 0 saturated heterocycles. The van der Waals surface area contributed by atoms with E-state index >= 15 is 0 Å².